The van der Waals surface area contributed by atoms with E-state index in [4.69, 9.17) is 15.2 Å². The Hall–Kier alpha value is -1.49. The smallest absolute Gasteiger partial charge is 0.349 e. The van der Waals surface area contributed by atoms with Crippen molar-refractivity contribution in [3.05, 3.63) is 22.7 Å². The Morgan fingerprint density at radius 2 is 2.03 bits per heavy atom. The molecule has 3 heterocycles. The maximum Gasteiger partial charge on any atom is 0.351 e. The minimum Gasteiger partial charge on any atom is -0.349 e. The molecule has 36 heavy (non-hydrogen) atoms. The molecule has 1 aromatic heterocycles. The van der Waals surface area contributed by atoms with Gasteiger partial charge in [-0.2, -0.15) is 4.98 Å². The summed E-state index contributed by atoms with van der Waals surface area (Å²) in [6, 6.07) is 1.57. The van der Waals surface area contributed by atoms with E-state index in [0.717, 1.165) is 24.2 Å². The van der Waals surface area contributed by atoms with Gasteiger partial charge in [0.2, 0.25) is 5.91 Å². The number of rotatable bonds is 11. The second kappa shape index (κ2) is 13.3. The van der Waals surface area contributed by atoms with Crippen LogP contribution in [0.25, 0.3) is 0 Å². The number of alkyl halides is 1. The van der Waals surface area contributed by atoms with Gasteiger partial charge in [0, 0.05) is 33.1 Å². The number of likely N-dealkylation sites (tertiary alicyclic amines) is 1. The van der Waals surface area contributed by atoms with Gasteiger partial charge in [0.15, 0.2) is 12.4 Å². The van der Waals surface area contributed by atoms with Gasteiger partial charge in [-0.25, -0.2) is 13.9 Å². The average Bonchev–Trinajstić information content (AvgIpc) is 3.14. The molecular formula is C24H41FN5O5P. The van der Waals surface area contributed by atoms with Gasteiger partial charge in [-0.3, -0.25) is 9.36 Å². The maximum atomic E-state index is 15.8. The second-order valence-corrected chi connectivity index (χ2v) is 11.2. The van der Waals surface area contributed by atoms with Gasteiger partial charge >= 0.3 is 5.69 Å². The Labute approximate surface area is 215 Å². The first kappa shape index (κ1) is 27.5. The summed E-state index contributed by atoms with van der Waals surface area (Å²) in [5.74, 6) is -0.302. The Balaban J connectivity index is 1.76. The predicted octanol–water partition coefficient (Wildman–Crippen LogP) is 3.69. The lowest BCUT2D eigenvalue weighted by molar-refractivity contribution is -0.114. The van der Waals surface area contributed by atoms with Crippen molar-refractivity contribution in [1.29, 1.82) is 0 Å². The largest absolute Gasteiger partial charge is 0.351 e. The molecule has 2 saturated heterocycles. The van der Waals surface area contributed by atoms with Crippen molar-refractivity contribution in [2.45, 2.75) is 97.5 Å². The summed E-state index contributed by atoms with van der Waals surface area (Å²) in [7, 11) is -1.66. The zero-order valence-corrected chi connectivity index (χ0v) is 22.8. The third-order valence-corrected chi connectivity index (χ3v) is 8.32. The van der Waals surface area contributed by atoms with Gasteiger partial charge in [-0.1, -0.05) is 6.42 Å². The summed E-state index contributed by atoms with van der Waals surface area (Å²) in [5.41, 5.74) is -0.769. The molecule has 5 unspecified atom stereocenters. The van der Waals surface area contributed by atoms with Crippen LogP contribution in [-0.2, 0) is 18.6 Å². The summed E-state index contributed by atoms with van der Waals surface area (Å²) in [5, 5.41) is 2.43. The van der Waals surface area contributed by atoms with Crippen molar-refractivity contribution >= 4 is 20.3 Å². The molecule has 10 nitrogen and oxygen atoms in total. The summed E-state index contributed by atoms with van der Waals surface area (Å²) in [4.78, 5) is 30.0. The van der Waals surface area contributed by atoms with E-state index in [0.29, 0.717) is 6.61 Å². The van der Waals surface area contributed by atoms with Crippen LogP contribution in [0.5, 0.6) is 0 Å². The number of nitrogens with one attached hydrogen (secondary N) is 1. The van der Waals surface area contributed by atoms with Crippen LogP contribution < -0.4 is 11.0 Å². The second-order valence-electron chi connectivity index (χ2n) is 9.80. The number of amides is 1. The first-order valence-corrected chi connectivity index (χ1v) is 13.8. The fourth-order valence-electron chi connectivity index (χ4n) is 4.56. The lowest BCUT2D eigenvalue weighted by Gasteiger charge is -2.38. The zero-order valence-electron chi connectivity index (χ0n) is 22.9. The summed E-state index contributed by atoms with van der Waals surface area (Å²) in [6.07, 6.45) is -0.0548. The number of aromatic nitrogens is 2. The van der Waals surface area contributed by atoms with Crippen molar-refractivity contribution in [2.75, 3.05) is 31.6 Å². The number of ether oxygens (including phenoxy) is 1. The van der Waals surface area contributed by atoms with Gasteiger partial charge in [-0.05, 0) is 66.6 Å². The normalized spacial score (nSPS) is 26.5. The Bertz CT molecular complexity index is 927. The standard InChI is InChI=1S/C24H41FN5O5P/c1-16(2)30(17(3)4)36(33-15-14-28-11-8-7-9-12-28)35-22-18(5)34-23(21(22)25)29-13-10-20(26-19(6)31)27-24(29)32/h10,13,16-18,21-23H,7-9,11-12,14-15H2,1-6H3,(H,26,27,31,32)/i5D. The van der Waals surface area contributed by atoms with Crippen LogP contribution >= 0.6 is 8.53 Å². The lowest BCUT2D eigenvalue weighted by atomic mass is 10.1. The van der Waals surface area contributed by atoms with Crippen LogP contribution in [0.1, 0.15) is 68.4 Å². The van der Waals surface area contributed by atoms with Crippen LogP contribution in [0.4, 0.5) is 10.2 Å². The number of hydrogen-bond acceptors (Lipinski definition) is 8. The van der Waals surface area contributed by atoms with Crippen molar-refractivity contribution in [3.63, 3.8) is 0 Å². The van der Waals surface area contributed by atoms with E-state index in [1.807, 2.05) is 27.7 Å². The van der Waals surface area contributed by atoms with Gasteiger partial charge in [-0.15, -0.1) is 0 Å². The number of halogens is 1. The fourth-order valence-corrected chi connectivity index (χ4v) is 6.32. The van der Waals surface area contributed by atoms with E-state index in [9.17, 15) is 9.59 Å². The molecule has 2 aliphatic heterocycles. The molecular weight excluding hydrogens is 488 g/mol. The molecule has 1 aromatic rings. The quantitative estimate of drug-likeness (QED) is 0.433. The highest BCUT2D eigenvalue weighted by molar-refractivity contribution is 7.44. The molecule has 0 spiro atoms. The maximum absolute atomic E-state index is 15.8. The van der Waals surface area contributed by atoms with Crippen molar-refractivity contribution in [3.8, 4) is 0 Å². The highest BCUT2D eigenvalue weighted by atomic mass is 31.2. The number of nitrogens with zero attached hydrogens (tertiary/aromatic N) is 4. The van der Waals surface area contributed by atoms with E-state index in [-0.39, 0.29) is 30.7 Å². The Morgan fingerprint density at radius 1 is 1.33 bits per heavy atom. The first-order valence-electron chi connectivity index (χ1n) is 13.4. The molecule has 0 bridgehead atoms. The molecule has 0 saturated carbocycles. The van der Waals surface area contributed by atoms with E-state index < -0.39 is 38.8 Å². The van der Waals surface area contributed by atoms with Gasteiger partial charge in [0.1, 0.15) is 11.9 Å². The molecule has 0 aromatic carbocycles. The Kier molecular flexibility index (Phi) is 10.2. The first-order chi connectivity index (χ1) is 17.6. The minimum atomic E-state index is -1.72. The van der Waals surface area contributed by atoms with Crippen molar-refractivity contribution in [1.82, 2.24) is 19.1 Å². The number of carbonyl (C=O) groups is 1. The number of hydrogen-bond donors (Lipinski definition) is 1. The van der Waals surface area contributed by atoms with Crippen LogP contribution in [0.15, 0.2) is 17.1 Å². The topological polar surface area (TPSA) is 98.2 Å². The van der Waals surface area contributed by atoms with E-state index in [2.05, 4.69) is 19.9 Å². The zero-order chi connectivity index (χ0) is 27.1. The molecule has 204 valence electrons. The molecule has 2 aliphatic rings. The van der Waals surface area contributed by atoms with Crippen molar-refractivity contribution < 1.29 is 24.3 Å². The molecule has 1 N–H and O–H groups in total. The molecule has 0 aliphatic carbocycles. The fraction of sp³-hybridized carbons (Fsp3) is 0.792. The summed E-state index contributed by atoms with van der Waals surface area (Å²) in [6.45, 7) is 12.5. The summed E-state index contributed by atoms with van der Waals surface area (Å²) >= 11 is 0. The van der Waals surface area contributed by atoms with Gasteiger partial charge in [0.05, 0.1) is 12.7 Å². The van der Waals surface area contributed by atoms with E-state index >= 15 is 4.39 Å². The SMILES string of the molecule is [2H]CC1OC(n2ccc(NC(C)=O)nc2=O)C(F)C1OP(OCCN1CCCCC1)N(C(C)C)C(C)C. The number of piperidine rings is 1. The number of anilines is 1. The highest BCUT2D eigenvalue weighted by Crippen LogP contribution is 2.50. The van der Waals surface area contributed by atoms with Crippen LogP contribution in [0.2, 0.25) is 0 Å². The molecule has 12 heteroatoms. The third kappa shape index (κ3) is 7.52. The molecule has 2 fully saturated rings. The highest BCUT2D eigenvalue weighted by Gasteiger charge is 2.48. The predicted molar refractivity (Wildman–Crippen MR) is 137 cm³/mol. The average molecular weight is 531 g/mol. The van der Waals surface area contributed by atoms with Crippen molar-refractivity contribution in [2.24, 2.45) is 0 Å². The molecule has 5 atom stereocenters. The molecule has 0 radical (unpaired) electrons. The monoisotopic (exact) mass is 530 g/mol. The van der Waals surface area contributed by atoms with Crippen LogP contribution in [0, 0.1) is 0 Å². The molecule has 3 rings (SSSR count). The van der Waals surface area contributed by atoms with E-state index in [1.165, 1.54) is 38.4 Å². The van der Waals surface area contributed by atoms with Crippen LogP contribution in [-0.4, -0.2) is 81.7 Å². The number of carbonyl (C=O) groups excluding carboxylic acids is 1. The van der Waals surface area contributed by atoms with E-state index in [1.54, 1.807) is 0 Å². The van der Waals surface area contributed by atoms with Gasteiger partial charge in [0.25, 0.3) is 8.53 Å². The van der Waals surface area contributed by atoms with Gasteiger partial charge < -0.3 is 24.0 Å². The lowest BCUT2D eigenvalue weighted by Crippen LogP contribution is -2.39. The summed E-state index contributed by atoms with van der Waals surface area (Å²) < 4.78 is 45.3. The minimum absolute atomic E-state index is 0.0714. The third-order valence-electron chi connectivity index (χ3n) is 6.19. The van der Waals surface area contributed by atoms with Crippen LogP contribution in [0.3, 0.4) is 0 Å². The molecule has 1 amide bonds. The Morgan fingerprint density at radius 3 is 2.61 bits per heavy atom.